The van der Waals surface area contributed by atoms with Gasteiger partial charge in [-0.2, -0.15) is 0 Å². The van der Waals surface area contributed by atoms with Crippen molar-refractivity contribution in [3.63, 3.8) is 0 Å². The smallest absolute Gasteiger partial charge is 0.311 e. The number of rotatable bonds is 0. The first-order chi connectivity index (χ1) is 4.66. The van der Waals surface area contributed by atoms with Gasteiger partial charge in [-0.15, -0.1) is 0 Å². The van der Waals surface area contributed by atoms with Gasteiger partial charge in [0.15, 0.2) is 5.60 Å². The van der Waals surface area contributed by atoms with Gasteiger partial charge >= 0.3 is 5.97 Å². The van der Waals surface area contributed by atoms with Crippen molar-refractivity contribution < 1.29 is 19.7 Å². The molecule has 0 aromatic heterocycles. The highest BCUT2D eigenvalue weighted by atomic mass is 16.8. The van der Waals surface area contributed by atoms with Gasteiger partial charge in [-0.3, -0.25) is 0 Å². The van der Waals surface area contributed by atoms with Crippen LogP contribution in [0, 0.1) is 0 Å². The van der Waals surface area contributed by atoms with E-state index >= 15 is 0 Å². The normalized spacial score (nSPS) is 53.4. The van der Waals surface area contributed by atoms with Gasteiger partial charge in [0.1, 0.15) is 0 Å². The second-order valence-corrected chi connectivity index (χ2v) is 2.81. The first-order valence-electron chi connectivity index (χ1n) is 3.39. The lowest BCUT2D eigenvalue weighted by molar-refractivity contribution is -0.362. The highest BCUT2D eigenvalue weighted by Gasteiger charge is 2.60. The van der Waals surface area contributed by atoms with Crippen molar-refractivity contribution in [2.24, 2.45) is 0 Å². The van der Waals surface area contributed by atoms with E-state index in [0.717, 1.165) is 0 Å². The van der Waals surface area contributed by atoms with E-state index in [1.807, 2.05) is 0 Å². The summed E-state index contributed by atoms with van der Waals surface area (Å²) >= 11 is 0. The molecule has 0 aliphatic carbocycles. The molecule has 0 aromatic carbocycles. The molecule has 4 nitrogen and oxygen atoms in total. The fraction of sp³-hybridized carbons (Fsp3) is 1.00. The summed E-state index contributed by atoms with van der Waals surface area (Å²) in [6.07, 6.45) is 0.924. The molecule has 2 fully saturated rings. The summed E-state index contributed by atoms with van der Waals surface area (Å²) in [5.41, 5.74) is -1.15. The summed E-state index contributed by atoms with van der Waals surface area (Å²) in [5.74, 6) is -1.70. The molecular formula is C6H10O4. The lowest BCUT2D eigenvalue weighted by atomic mass is 9.98. The van der Waals surface area contributed by atoms with Crippen LogP contribution < -0.4 is 0 Å². The largest absolute Gasteiger partial charge is 0.381 e. The first kappa shape index (κ1) is 6.54. The van der Waals surface area contributed by atoms with Crippen molar-refractivity contribution in [1.29, 1.82) is 0 Å². The summed E-state index contributed by atoms with van der Waals surface area (Å²) in [6, 6.07) is 0. The summed E-state index contributed by atoms with van der Waals surface area (Å²) in [5, 5.41) is 19.0. The van der Waals surface area contributed by atoms with Crippen molar-refractivity contribution in [1.82, 2.24) is 0 Å². The fourth-order valence-corrected chi connectivity index (χ4v) is 1.47. The summed E-state index contributed by atoms with van der Waals surface area (Å²) < 4.78 is 9.70. The number of aliphatic hydroxyl groups is 2. The third-order valence-electron chi connectivity index (χ3n) is 2.21. The average Bonchev–Trinajstić information content (AvgIpc) is 2.20. The Balaban J connectivity index is 2.30. The average molecular weight is 146 g/mol. The van der Waals surface area contributed by atoms with Crippen LogP contribution in [0.5, 0.6) is 0 Å². The molecule has 0 amide bonds. The highest BCUT2D eigenvalue weighted by molar-refractivity contribution is 4.96. The molecule has 2 N–H and O–H groups in total. The van der Waals surface area contributed by atoms with Crippen molar-refractivity contribution in [2.45, 2.75) is 24.4 Å². The zero-order valence-electron chi connectivity index (χ0n) is 5.54. The van der Waals surface area contributed by atoms with Gasteiger partial charge in [-0.25, -0.2) is 0 Å². The lowest BCUT2D eigenvalue weighted by Gasteiger charge is -2.26. The minimum atomic E-state index is -1.70. The number of fused-ring (bicyclic) bond motifs is 1. The van der Waals surface area contributed by atoms with E-state index in [-0.39, 0.29) is 0 Å². The topological polar surface area (TPSA) is 58.9 Å². The second kappa shape index (κ2) is 1.71. The number of hydrogen-bond donors (Lipinski definition) is 2. The molecule has 0 bridgehead atoms. The van der Waals surface area contributed by atoms with Crippen LogP contribution in [-0.2, 0) is 9.47 Å². The Morgan fingerprint density at radius 2 is 1.50 bits per heavy atom. The molecule has 2 aliphatic rings. The molecule has 58 valence electrons. The van der Waals surface area contributed by atoms with Gasteiger partial charge in [0.2, 0.25) is 0 Å². The molecule has 0 spiro atoms. The Labute approximate surface area is 58.4 Å². The third kappa shape index (κ3) is 0.594. The zero-order chi connectivity index (χ0) is 7.24. The highest BCUT2D eigenvalue weighted by Crippen LogP contribution is 2.42. The summed E-state index contributed by atoms with van der Waals surface area (Å²) in [7, 11) is 0. The monoisotopic (exact) mass is 146 g/mol. The van der Waals surface area contributed by atoms with Crippen LogP contribution in [0.3, 0.4) is 0 Å². The van der Waals surface area contributed by atoms with Gasteiger partial charge in [-0.1, -0.05) is 0 Å². The molecule has 10 heavy (non-hydrogen) atoms. The molecule has 0 unspecified atom stereocenters. The van der Waals surface area contributed by atoms with Gasteiger partial charge in [0.05, 0.1) is 13.2 Å². The predicted octanol–water partition coefficient (Wildman–Crippen LogP) is -0.796. The van der Waals surface area contributed by atoms with Gasteiger partial charge < -0.3 is 19.7 Å². The molecule has 0 saturated carbocycles. The zero-order valence-corrected chi connectivity index (χ0v) is 5.54. The van der Waals surface area contributed by atoms with Gasteiger partial charge in [0, 0.05) is 12.8 Å². The van der Waals surface area contributed by atoms with E-state index in [2.05, 4.69) is 0 Å². The minimum Gasteiger partial charge on any atom is -0.381 e. The van der Waals surface area contributed by atoms with Crippen LogP contribution in [-0.4, -0.2) is 35.0 Å². The van der Waals surface area contributed by atoms with Crippen LogP contribution >= 0.6 is 0 Å². The quantitative estimate of drug-likeness (QED) is 0.470. The maximum atomic E-state index is 9.59. The molecule has 4 heteroatoms. The van der Waals surface area contributed by atoms with E-state index in [9.17, 15) is 10.2 Å². The molecular weight excluding hydrogens is 136 g/mol. The van der Waals surface area contributed by atoms with Crippen LogP contribution in [0.4, 0.5) is 0 Å². The second-order valence-electron chi connectivity index (χ2n) is 2.81. The molecule has 2 rings (SSSR count). The Kier molecular flexibility index (Phi) is 1.12. The van der Waals surface area contributed by atoms with E-state index in [1.165, 1.54) is 0 Å². The number of ether oxygens (including phenoxy) is 2. The summed E-state index contributed by atoms with van der Waals surface area (Å²) in [6.45, 7) is 0.736. The Morgan fingerprint density at radius 1 is 1.00 bits per heavy atom. The molecule has 2 saturated heterocycles. The van der Waals surface area contributed by atoms with Crippen molar-refractivity contribution in [3.8, 4) is 0 Å². The Morgan fingerprint density at radius 3 is 1.90 bits per heavy atom. The minimum absolute atomic E-state index is 0.368. The Hall–Kier alpha value is -0.160. The maximum absolute atomic E-state index is 9.59. The van der Waals surface area contributed by atoms with Crippen molar-refractivity contribution in [2.75, 3.05) is 13.2 Å². The SMILES string of the molecule is O[C@]12CCO[C@@]1(O)OCC2. The van der Waals surface area contributed by atoms with E-state index < -0.39 is 11.6 Å². The molecule has 0 radical (unpaired) electrons. The molecule has 0 aromatic rings. The third-order valence-corrected chi connectivity index (χ3v) is 2.21. The fourth-order valence-electron chi connectivity index (χ4n) is 1.47. The van der Waals surface area contributed by atoms with Crippen LogP contribution in [0.25, 0.3) is 0 Å². The van der Waals surface area contributed by atoms with E-state index in [1.54, 1.807) is 0 Å². The van der Waals surface area contributed by atoms with Crippen LogP contribution in [0.2, 0.25) is 0 Å². The van der Waals surface area contributed by atoms with Crippen LogP contribution in [0.1, 0.15) is 12.8 Å². The maximum Gasteiger partial charge on any atom is 0.311 e. The molecule has 2 heterocycles. The first-order valence-corrected chi connectivity index (χ1v) is 3.39. The van der Waals surface area contributed by atoms with E-state index in [0.29, 0.717) is 26.1 Å². The van der Waals surface area contributed by atoms with Gasteiger partial charge in [0.25, 0.3) is 0 Å². The molecule has 0 atom stereocenters. The Bertz CT molecular complexity index is 130. The predicted molar refractivity (Wildman–Crippen MR) is 31.0 cm³/mol. The lowest BCUT2D eigenvalue weighted by Crippen LogP contribution is -2.47. The van der Waals surface area contributed by atoms with Crippen molar-refractivity contribution in [3.05, 3.63) is 0 Å². The van der Waals surface area contributed by atoms with E-state index in [4.69, 9.17) is 9.47 Å². The molecule has 2 aliphatic heterocycles. The van der Waals surface area contributed by atoms with Gasteiger partial charge in [-0.05, 0) is 0 Å². The number of hydrogen-bond acceptors (Lipinski definition) is 4. The standard InChI is InChI=1S/C6H10O4/c7-5-1-3-9-6(5,8)10-4-2-5/h7-8H,1-4H2/t5-,6+. The van der Waals surface area contributed by atoms with Crippen molar-refractivity contribution >= 4 is 0 Å². The summed E-state index contributed by atoms with van der Waals surface area (Å²) in [4.78, 5) is 0. The van der Waals surface area contributed by atoms with Crippen LogP contribution in [0.15, 0.2) is 0 Å².